The average Bonchev–Trinajstić information content (AvgIpc) is 3.48. The molecule has 1 aliphatic heterocycles. The van der Waals surface area contributed by atoms with Gasteiger partial charge in [-0.2, -0.15) is 4.52 Å². The molecule has 0 spiro atoms. The van der Waals surface area contributed by atoms with Crippen LogP contribution in [0.15, 0.2) is 30.5 Å². The van der Waals surface area contributed by atoms with Crippen LogP contribution in [0.25, 0.3) is 27.8 Å². The van der Waals surface area contributed by atoms with E-state index < -0.39 is 0 Å². The van der Waals surface area contributed by atoms with E-state index in [2.05, 4.69) is 77.4 Å². The van der Waals surface area contributed by atoms with E-state index in [9.17, 15) is 4.79 Å². The summed E-state index contributed by atoms with van der Waals surface area (Å²) in [7, 11) is 2.02. The molecule has 36 heavy (non-hydrogen) atoms. The highest BCUT2D eigenvalue weighted by atomic mass is 16.2. The van der Waals surface area contributed by atoms with Gasteiger partial charge in [0.25, 0.3) is 0 Å². The summed E-state index contributed by atoms with van der Waals surface area (Å²) >= 11 is 0. The number of nitrogens with zero attached hydrogens (tertiary/aromatic N) is 6. The first-order valence-corrected chi connectivity index (χ1v) is 13.0. The molecular formula is C28H37N7O. The minimum absolute atomic E-state index is 0.243. The van der Waals surface area contributed by atoms with Crippen molar-refractivity contribution in [1.29, 1.82) is 0 Å². The van der Waals surface area contributed by atoms with Gasteiger partial charge in [0.2, 0.25) is 5.91 Å². The Kier molecular flexibility index (Phi) is 6.55. The number of rotatable bonds is 6. The van der Waals surface area contributed by atoms with Crippen LogP contribution in [-0.2, 0) is 4.79 Å². The van der Waals surface area contributed by atoms with E-state index in [-0.39, 0.29) is 5.91 Å². The van der Waals surface area contributed by atoms with Gasteiger partial charge >= 0.3 is 0 Å². The highest BCUT2D eigenvalue weighted by Gasteiger charge is 2.26. The largest absolute Gasteiger partial charge is 0.354 e. The lowest BCUT2D eigenvalue weighted by molar-refractivity contribution is -0.133. The Hall–Kier alpha value is -3.26. The lowest BCUT2D eigenvalue weighted by Crippen LogP contribution is -2.44. The highest BCUT2D eigenvalue weighted by Crippen LogP contribution is 2.38. The zero-order valence-corrected chi connectivity index (χ0v) is 22.2. The number of hydrogen-bond donors (Lipinski definition) is 1. The minimum Gasteiger partial charge on any atom is -0.354 e. The maximum Gasteiger partial charge on any atom is 0.236 e. The molecule has 1 N–H and O–H groups in total. The Morgan fingerprint density at radius 1 is 1.17 bits per heavy atom. The number of carbonyl (C=O) groups excluding carboxylic acids is 1. The second-order valence-electron chi connectivity index (χ2n) is 10.9. The molecule has 0 unspecified atom stereocenters. The first-order chi connectivity index (χ1) is 17.2. The van der Waals surface area contributed by atoms with Gasteiger partial charge in [-0.25, -0.2) is 0 Å². The molecule has 1 fully saturated rings. The van der Waals surface area contributed by atoms with E-state index in [0.717, 1.165) is 53.9 Å². The van der Waals surface area contributed by atoms with Gasteiger partial charge in [0.05, 0.1) is 12.2 Å². The van der Waals surface area contributed by atoms with Crippen LogP contribution in [0.4, 0.5) is 0 Å². The van der Waals surface area contributed by atoms with E-state index in [4.69, 9.17) is 0 Å². The molecule has 0 radical (unpaired) electrons. The molecule has 1 aromatic carbocycles. The Labute approximate surface area is 212 Å². The van der Waals surface area contributed by atoms with Crippen LogP contribution in [0.5, 0.6) is 0 Å². The number of hydrogen-bond acceptors (Lipinski definition) is 5. The first-order valence-electron chi connectivity index (χ1n) is 13.0. The minimum atomic E-state index is 0.243. The number of benzene rings is 1. The molecule has 0 atom stereocenters. The molecule has 0 aliphatic carbocycles. The van der Waals surface area contributed by atoms with Gasteiger partial charge < -0.3 is 9.88 Å². The van der Waals surface area contributed by atoms with E-state index >= 15 is 0 Å². The van der Waals surface area contributed by atoms with Crippen LogP contribution in [0, 0.1) is 6.92 Å². The summed E-state index contributed by atoms with van der Waals surface area (Å²) in [5.74, 6) is 1.07. The lowest BCUT2D eigenvalue weighted by Gasteiger charge is -2.34. The fourth-order valence-corrected chi connectivity index (χ4v) is 5.41. The summed E-state index contributed by atoms with van der Waals surface area (Å²) < 4.78 is 1.75. The normalized spacial score (nSPS) is 15.3. The number of likely N-dealkylation sites (N-methyl/N-ethyl adjacent to an activating group) is 1. The molecule has 4 aromatic rings. The van der Waals surface area contributed by atoms with Crippen molar-refractivity contribution in [2.24, 2.45) is 0 Å². The maximum absolute atomic E-state index is 12.7. The number of amides is 1. The van der Waals surface area contributed by atoms with Crippen molar-refractivity contribution in [3.8, 4) is 11.3 Å². The fraction of sp³-hybridized carbons (Fsp3) is 0.500. The second kappa shape index (κ2) is 9.65. The Balaban J connectivity index is 1.41. The van der Waals surface area contributed by atoms with Crippen LogP contribution in [-0.4, -0.2) is 73.5 Å². The zero-order chi connectivity index (χ0) is 25.6. The van der Waals surface area contributed by atoms with Gasteiger partial charge in [-0.15, -0.1) is 5.10 Å². The number of H-pyrrole nitrogens is 1. The Morgan fingerprint density at radius 3 is 2.61 bits per heavy atom. The van der Waals surface area contributed by atoms with Crippen molar-refractivity contribution < 1.29 is 4.79 Å². The van der Waals surface area contributed by atoms with Crippen molar-refractivity contribution in [3.63, 3.8) is 0 Å². The number of tetrazole rings is 1. The van der Waals surface area contributed by atoms with Gasteiger partial charge in [-0.1, -0.05) is 19.9 Å². The predicted octanol–water partition coefficient (Wildman–Crippen LogP) is 4.75. The zero-order valence-electron chi connectivity index (χ0n) is 22.2. The first kappa shape index (κ1) is 24.4. The van der Waals surface area contributed by atoms with Crippen molar-refractivity contribution in [2.75, 3.05) is 26.7 Å². The molecule has 8 nitrogen and oxygen atoms in total. The highest BCUT2D eigenvalue weighted by molar-refractivity contribution is 5.92. The Morgan fingerprint density at radius 2 is 1.92 bits per heavy atom. The number of nitrogens with one attached hydrogen (secondary N) is 1. The van der Waals surface area contributed by atoms with Crippen molar-refractivity contribution in [1.82, 2.24) is 34.8 Å². The SMILES string of the molecule is Cc1cc(-c2[nH]c3ccc(C4CCN(C(=O)CN(C)C(C)C)CC4)cc3c2C(C)C)cn2nnnc12. The number of aromatic amines is 1. The van der Waals surface area contributed by atoms with Gasteiger partial charge in [0.15, 0.2) is 5.65 Å². The van der Waals surface area contributed by atoms with Crippen LogP contribution >= 0.6 is 0 Å². The molecule has 1 amide bonds. The summed E-state index contributed by atoms with van der Waals surface area (Å²) in [4.78, 5) is 20.6. The van der Waals surface area contributed by atoms with Crippen LogP contribution < -0.4 is 0 Å². The van der Waals surface area contributed by atoms with E-state index in [1.807, 2.05) is 25.1 Å². The molecule has 8 heteroatoms. The molecule has 1 aliphatic rings. The summed E-state index contributed by atoms with van der Waals surface area (Å²) in [6, 6.07) is 9.39. The molecule has 1 saturated heterocycles. The average molecular weight is 488 g/mol. The number of pyridine rings is 1. The Bertz CT molecular complexity index is 1390. The fourth-order valence-electron chi connectivity index (χ4n) is 5.41. The summed E-state index contributed by atoms with van der Waals surface area (Å²) in [6.07, 6.45) is 4.02. The van der Waals surface area contributed by atoms with E-state index in [1.165, 1.54) is 16.5 Å². The van der Waals surface area contributed by atoms with Crippen LogP contribution in [0.2, 0.25) is 0 Å². The number of fused-ring (bicyclic) bond motifs is 2. The van der Waals surface area contributed by atoms with Gasteiger partial charge in [0, 0.05) is 41.8 Å². The molecule has 190 valence electrons. The molecular weight excluding hydrogens is 450 g/mol. The molecule has 0 saturated carbocycles. The number of likely N-dealkylation sites (tertiary alicyclic amines) is 1. The van der Waals surface area contributed by atoms with Gasteiger partial charge in [-0.3, -0.25) is 9.69 Å². The van der Waals surface area contributed by atoms with Crippen molar-refractivity contribution in [2.45, 2.75) is 65.3 Å². The monoisotopic (exact) mass is 487 g/mol. The van der Waals surface area contributed by atoms with Crippen molar-refractivity contribution >= 4 is 22.5 Å². The third-order valence-electron chi connectivity index (χ3n) is 7.79. The van der Waals surface area contributed by atoms with Crippen molar-refractivity contribution in [3.05, 3.63) is 47.2 Å². The van der Waals surface area contributed by atoms with Gasteiger partial charge in [-0.05, 0) is 97.8 Å². The van der Waals surface area contributed by atoms with Gasteiger partial charge in [0.1, 0.15) is 0 Å². The van der Waals surface area contributed by atoms with E-state index in [0.29, 0.717) is 24.4 Å². The molecule has 0 bridgehead atoms. The second-order valence-corrected chi connectivity index (χ2v) is 10.9. The number of carbonyl (C=O) groups is 1. The standard InChI is InChI=1S/C28H37N7O/c1-17(2)26-23-14-21(20-9-11-34(12-10-20)25(36)16-33(6)18(3)4)7-8-24(23)29-27(26)22-13-19(5)28-30-31-32-35(28)15-22/h7-8,13-15,17-18,20,29H,9-12,16H2,1-6H3. The summed E-state index contributed by atoms with van der Waals surface area (Å²) in [5.41, 5.74) is 7.89. The quantitative estimate of drug-likeness (QED) is 0.424. The third-order valence-corrected chi connectivity index (χ3v) is 7.79. The lowest BCUT2D eigenvalue weighted by atomic mass is 9.87. The number of piperidine rings is 1. The third kappa shape index (κ3) is 4.50. The topological polar surface area (TPSA) is 82.4 Å². The van der Waals surface area contributed by atoms with Crippen LogP contribution in [0.3, 0.4) is 0 Å². The van der Waals surface area contributed by atoms with Crippen LogP contribution in [0.1, 0.15) is 69.1 Å². The molecule has 3 aromatic heterocycles. The molecule has 4 heterocycles. The maximum atomic E-state index is 12.7. The summed E-state index contributed by atoms with van der Waals surface area (Å²) in [6.45, 7) is 12.9. The summed E-state index contributed by atoms with van der Waals surface area (Å²) in [5, 5.41) is 13.3. The predicted molar refractivity (Wildman–Crippen MR) is 143 cm³/mol. The number of aryl methyl sites for hydroxylation is 1. The van der Waals surface area contributed by atoms with E-state index in [1.54, 1.807) is 4.52 Å². The number of aromatic nitrogens is 5. The molecule has 5 rings (SSSR count). The smallest absolute Gasteiger partial charge is 0.236 e.